The lowest BCUT2D eigenvalue weighted by atomic mass is 10.2. The number of nitrogens with one attached hydrogen (secondary N) is 1. The van der Waals surface area contributed by atoms with Crippen LogP contribution in [-0.4, -0.2) is 37.0 Å². The van der Waals surface area contributed by atoms with Gasteiger partial charge in [0.2, 0.25) is 5.91 Å². The van der Waals surface area contributed by atoms with Gasteiger partial charge in [-0.1, -0.05) is 32.1 Å². The van der Waals surface area contributed by atoms with E-state index in [0.29, 0.717) is 25.6 Å². The standard InChI is InChI=1S/C18H26N2O2/c1-5-10-20(11-6-2)18(21)13-19-16-8-7-9-17(12-16)22-14-15(3)4/h5-9,12,15,19H,1-2,10-11,13-14H2,3-4H3. The first-order chi connectivity index (χ1) is 10.6. The number of hydrogen-bond donors (Lipinski definition) is 1. The van der Waals surface area contributed by atoms with E-state index < -0.39 is 0 Å². The van der Waals surface area contributed by atoms with Crippen molar-refractivity contribution in [2.45, 2.75) is 13.8 Å². The molecule has 120 valence electrons. The number of amides is 1. The number of carbonyl (C=O) groups is 1. The summed E-state index contributed by atoms with van der Waals surface area (Å²) in [7, 11) is 0. The first kappa shape index (κ1) is 17.8. The average molecular weight is 302 g/mol. The van der Waals surface area contributed by atoms with Crippen LogP contribution in [0.5, 0.6) is 5.75 Å². The summed E-state index contributed by atoms with van der Waals surface area (Å²) >= 11 is 0. The Bertz CT molecular complexity index is 488. The van der Waals surface area contributed by atoms with Gasteiger partial charge in [-0.2, -0.15) is 0 Å². The second kappa shape index (κ2) is 9.66. The molecule has 4 nitrogen and oxygen atoms in total. The Morgan fingerprint density at radius 3 is 2.59 bits per heavy atom. The summed E-state index contributed by atoms with van der Waals surface area (Å²) in [5, 5.41) is 3.13. The molecule has 0 bridgehead atoms. The van der Waals surface area contributed by atoms with Gasteiger partial charge in [-0.05, 0) is 18.1 Å². The highest BCUT2D eigenvalue weighted by Crippen LogP contribution is 2.17. The molecule has 0 aliphatic carbocycles. The minimum absolute atomic E-state index is 0.00769. The molecular weight excluding hydrogens is 276 g/mol. The predicted octanol–water partition coefficient (Wildman–Crippen LogP) is 3.33. The van der Waals surface area contributed by atoms with Gasteiger partial charge in [0.1, 0.15) is 5.75 Å². The molecule has 0 saturated carbocycles. The van der Waals surface area contributed by atoms with E-state index in [2.05, 4.69) is 32.3 Å². The van der Waals surface area contributed by atoms with Crippen molar-refractivity contribution in [3.05, 3.63) is 49.6 Å². The fourth-order valence-corrected chi connectivity index (χ4v) is 1.84. The molecule has 1 amide bonds. The predicted molar refractivity (Wildman–Crippen MR) is 92.2 cm³/mol. The van der Waals surface area contributed by atoms with Crippen molar-refractivity contribution in [1.82, 2.24) is 4.90 Å². The van der Waals surface area contributed by atoms with Crippen LogP contribution in [0.25, 0.3) is 0 Å². The molecule has 0 aliphatic heterocycles. The van der Waals surface area contributed by atoms with E-state index in [1.165, 1.54) is 0 Å². The molecule has 0 spiro atoms. The van der Waals surface area contributed by atoms with Gasteiger partial charge in [0, 0.05) is 24.8 Å². The Labute approximate surface area is 133 Å². The molecule has 0 atom stereocenters. The molecule has 0 unspecified atom stereocenters. The fourth-order valence-electron chi connectivity index (χ4n) is 1.84. The minimum Gasteiger partial charge on any atom is -0.493 e. The summed E-state index contributed by atoms with van der Waals surface area (Å²) in [5.41, 5.74) is 0.867. The van der Waals surface area contributed by atoms with Crippen LogP contribution in [0.3, 0.4) is 0 Å². The highest BCUT2D eigenvalue weighted by atomic mass is 16.5. The number of ether oxygens (including phenoxy) is 1. The average Bonchev–Trinajstić information content (AvgIpc) is 2.51. The molecule has 0 aromatic heterocycles. The van der Waals surface area contributed by atoms with Gasteiger partial charge in [0.05, 0.1) is 13.2 Å². The van der Waals surface area contributed by atoms with E-state index in [4.69, 9.17) is 4.74 Å². The number of hydrogen-bond acceptors (Lipinski definition) is 3. The second-order valence-corrected chi connectivity index (χ2v) is 5.46. The smallest absolute Gasteiger partial charge is 0.242 e. The van der Waals surface area contributed by atoms with E-state index in [1.807, 2.05) is 24.3 Å². The zero-order chi connectivity index (χ0) is 16.4. The molecule has 0 aliphatic rings. The molecule has 1 N–H and O–H groups in total. The maximum absolute atomic E-state index is 12.1. The van der Waals surface area contributed by atoms with Crippen LogP contribution in [0.4, 0.5) is 5.69 Å². The fraction of sp³-hybridized carbons (Fsp3) is 0.389. The third-order valence-corrected chi connectivity index (χ3v) is 2.91. The van der Waals surface area contributed by atoms with Crippen molar-refractivity contribution >= 4 is 11.6 Å². The molecule has 1 aromatic rings. The van der Waals surface area contributed by atoms with Crippen molar-refractivity contribution in [2.75, 3.05) is 31.6 Å². The van der Waals surface area contributed by atoms with Crippen LogP contribution in [0, 0.1) is 5.92 Å². The zero-order valence-corrected chi connectivity index (χ0v) is 13.5. The molecule has 0 heterocycles. The number of carbonyl (C=O) groups excluding carboxylic acids is 1. The Morgan fingerprint density at radius 2 is 2.00 bits per heavy atom. The molecule has 4 heteroatoms. The van der Waals surface area contributed by atoms with Gasteiger partial charge in [0.15, 0.2) is 0 Å². The summed E-state index contributed by atoms with van der Waals surface area (Å²) in [6.07, 6.45) is 3.42. The Hall–Kier alpha value is -2.23. The number of benzene rings is 1. The summed E-state index contributed by atoms with van der Waals surface area (Å²) < 4.78 is 5.68. The Balaban J connectivity index is 2.55. The third kappa shape index (κ3) is 6.48. The van der Waals surface area contributed by atoms with E-state index >= 15 is 0 Å². The molecule has 0 radical (unpaired) electrons. The second-order valence-electron chi connectivity index (χ2n) is 5.46. The molecule has 1 aromatic carbocycles. The van der Waals surface area contributed by atoms with Crippen LogP contribution < -0.4 is 10.1 Å². The van der Waals surface area contributed by atoms with Crippen molar-refractivity contribution in [3.63, 3.8) is 0 Å². The van der Waals surface area contributed by atoms with Gasteiger partial charge in [-0.3, -0.25) is 4.79 Å². The van der Waals surface area contributed by atoms with E-state index in [0.717, 1.165) is 11.4 Å². The summed E-state index contributed by atoms with van der Waals surface area (Å²) in [6.45, 7) is 13.5. The van der Waals surface area contributed by atoms with Gasteiger partial charge < -0.3 is 15.0 Å². The van der Waals surface area contributed by atoms with E-state index in [1.54, 1.807) is 17.1 Å². The SMILES string of the molecule is C=CCN(CC=C)C(=O)CNc1cccc(OCC(C)C)c1. The molecule has 22 heavy (non-hydrogen) atoms. The maximum Gasteiger partial charge on any atom is 0.242 e. The molecule has 1 rings (SSSR count). The Morgan fingerprint density at radius 1 is 1.32 bits per heavy atom. The van der Waals surface area contributed by atoms with Gasteiger partial charge in [0.25, 0.3) is 0 Å². The topological polar surface area (TPSA) is 41.6 Å². The normalized spacial score (nSPS) is 10.1. The van der Waals surface area contributed by atoms with Gasteiger partial charge in [-0.15, -0.1) is 13.2 Å². The molecule has 0 fully saturated rings. The van der Waals surface area contributed by atoms with Crippen LogP contribution in [0.2, 0.25) is 0 Å². The lowest BCUT2D eigenvalue weighted by molar-refractivity contribution is -0.128. The highest BCUT2D eigenvalue weighted by molar-refractivity contribution is 5.81. The molecular formula is C18H26N2O2. The first-order valence-corrected chi connectivity index (χ1v) is 7.53. The number of rotatable bonds is 10. The van der Waals surface area contributed by atoms with Crippen molar-refractivity contribution in [2.24, 2.45) is 5.92 Å². The largest absolute Gasteiger partial charge is 0.493 e. The zero-order valence-electron chi connectivity index (χ0n) is 13.5. The number of anilines is 1. The lowest BCUT2D eigenvalue weighted by Gasteiger charge is -2.20. The Kier molecular flexibility index (Phi) is 7.83. The first-order valence-electron chi connectivity index (χ1n) is 7.53. The van der Waals surface area contributed by atoms with Crippen molar-refractivity contribution < 1.29 is 9.53 Å². The van der Waals surface area contributed by atoms with Gasteiger partial charge in [-0.25, -0.2) is 0 Å². The maximum atomic E-state index is 12.1. The summed E-state index contributed by atoms with van der Waals surface area (Å²) in [4.78, 5) is 13.8. The van der Waals surface area contributed by atoms with Crippen molar-refractivity contribution in [3.8, 4) is 5.75 Å². The third-order valence-electron chi connectivity index (χ3n) is 2.91. The van der Waals surface area contributed by atoms with Crippen LogP contribution in [0.1, 0.15) is 13.8 Å². The van der Waals surface area contributed by atoms with Crippen molar-refractivity contribution in [1.29, 1.82) is 0 Å². The lowest BCUT2D eigenvalue weighted by Crippen LogP contribution is -2.35. The number of nitrogens with zero attached hydrogens (tertiary/aromatic N) is 1. The summed E-state index contributed by atoms with van der Waals surface area (Å²) in [5.74, 6) is 1.29. The van der Waals surface area contributed by atoms with Crippen LogP contribution in [0.15, 0.2) is 49.6 Å². The quantitative estimate of drug-likeness (QED) is 0.674. The minimum atomic E-state index is 0.00769. The molecule has 0 saturated heterocycles. The highest BCUT2D eigenvalue weighted by Gasteiger charge is 2.10. The monoisotopic (exact) mass is 302 g/mol. The van der Waals surface area contributed by atoms with E-state index in [9.17, 15) is 4.79 Å². The summed E-state index contributed by atoms with van der Waals surface area (Å²) in [6, 6.07) is 7.65. The van der Waals surface area contributed by atoms with Gasteiger partial charge >= 0.3 is 0 Å². The van der Waals surface area contributed by atoms with Crippen LogP contribution >= 0.6 is 0 Å². The van der Waals surface area contributed by atoms with Crippen LogP contribution in [-0.2, 0) is 4.79 Å². The van der Waals surface area contributed by atoms with E-state index in [-0.39, 0.29) is 12.5 Å².